The average molecular weight is 241 g/mol. The van der Waals surface area contributed by atoms with E-state index < -0.39 is 33.7 Å². The molecule has 17 heavy (non-hydrogen) atoms. The number of nitrogens with zero attached hydrogens (tertiary/aromatic N) is 1. The van der Waals surface area contributed by atoms with Crippen molar-refractivity contribution < 1.29 is 24.0 Å². The third-order valence-corrected chi connectivity index (χ3v) is 1.81. The topological polar surface area (TPSA) is 89.7 Å². The fourth-order valence-electron chi connectivity index (χ4n) is 1.17. The van der Waals surface area contributed by atoms with E-state index in [1.54, 1.807) is 0 Å². The number of carboxylic acids is 1. The summed E-state index contributed by atoms with van der Waals surface area (Å²) in [4.78, 5) is 20.6. The van der Waals surface area contributed by atoms with Gasteiger partial charge in [0.2, 0.25) is 5.75 Å². The van der Waals surface area contributed by atoms with Crippen molar-refractivity contribution in [3.8, 4) is 5.75 Å². The Morgan fingerprint density at radius 3 is 2.76 bits per heavy atom. The predicted octanol–water partition coefficient (Wildman–Crippen LogP) is 2.00. The van der Waals surface area contributed by atoms with E-state index in [0.717, 1.165) is 0 Å². The minimum Gasteiger partial charge on any atom is -0.482 e. The van der Waals surface area contributed by atoms with Gasteiger partial charge in [0, 0.05) is 0 Å². The van der Waals surface area contributed by atoms with Crippen LogP contribution in [-0.4, -0.2) is 22.6 Å². The van der Waals surface area contributed by atoms with Gasteiger partial charge >= 0.3 is 11.7 Å². The van der Waals surface area contributed by atoms with Gasteiger partial charge in [-0.15, -0.1) is 0 Å². The second-order valence-electron chi connectivity index (χ2n) is 2.96. The van der Waals surface area contributed by atoms with Crippen LogP contribution in [0.1, 0.15) is 10.4 Å². The first kappa shape index (κ1) is 12.6. The van der Waals surface area contributed by atoms with E-state index in [-0.39, 0.29) is 6.61 Å². The maximum Gasteiger partial charge on any atom is 0.339 e. The number of benzene rings is 1. The van der Waals surface area contributed by atoms with Gasteiger partial charge in [-0.3, -0.25) is 10.1 Å². The van der Waals surface area contributed by atoms with E-state index in [2.05, 4.69) is 6.58 Å². The molecule has 0 saturated heterocycles. The lowest BCUT2D eigenvalue weighted by Crippen LogP contribution is -2.07. The van der Waals surface area contributed by atoms with Crippen molar-refractivity contribution in [1.82, 2.24) is 0 Å². The van der Waals surface area contributed by atoms with E-state index in [4.69, 9.17) is 9.84 Å². The van der Waals surface area contributed by atoms with E-state index in [1.807, 2.05) is 0 Å². The van der Waals surface area contributed by atoms with Gasteiger partial charge in [-0.05, 0) is 6.07 Å². The van der Waals surface area contributed by atoms with Crippen LogP contribution in [0.25, 0.3) is 0 Å². The number of nitro groups is 1. The molecular formula is C10H8FNO5. The second kappa shape index (κ2) is 5.06. The minimum absolute atomic E-state index is 0.118. The van der Waals surface area contributed by atoms with Gasteiger partial charge in [-0.25, -0.2) is 9.18 Å². The van der Waals surface area contributed by atoms with E-state index in [1.165, 1.54) is 6.08 Å². The van der Waals surface area contributed by atoms with E-state index in [0.29, 0.717) is 12.1 Å². The molecule has 7 heteroatoms. The Morgan fingerprint density at radius 2 is 2.29 bits per heavy atom. The van der Waals surface area contributed by atoms with Crippen molar-refractivity contribution in [2.24, 2.45) is 0 Å². The molecule has 1 rings (SSSR count). The standard InChI is InChI=1S/C10H8FNO5/c1-2-3-17-9-7(10(13)14)4-6(11)5-8(9)12(15)16/h2,4-5H,1,3H2,(H,13,14). The van der Waals surface area contributed by atoms with Gasteiger partial charge in [-0.2, -0.15) is 0 Å². The summed E-state index contributed by atoms with van der Waals surface area (Å²) in [6.45, 7) is 3.21. The maximum atomic E-state index is 13.0. The number of hydrogen-bond donors (Lipinski definition) is 1. The number of aromatic carboxylic acids is 1. The largest absolute Gasteiger partial charge is 0.482 e. The highest BCUT2D eigenvalue weighted by Gasteiger charge is 2.25. The van der Waals surface area contributed by atoms with Crippen LogP contribution < -0.4 is 4.74 Å². The van der Waals surface area contributed by atoms with Crippen LogP contribution in [0.4, 0.5) is 10.1 Å². The summed E-state index contributed by atoms with van der Waals surface area (Å²) < 4.78 is 17.9. The number of rotatable bonds is 5. The Bertz CT molecular complexity index is 451. The van der Waals surface area contributed by atoms with Gasteiger partial charge in [0.25, 0.3) is 0 Å². The predicted molar refractivity (Wildman–Crippen MR) is 55.7 cm³/mol. The fraction of sp³-hybridized carbons (Fsp3) is 0.100. The minimum atomic E-state index is -1.51. The summed E-state index contributed by atoms with van der Waals surface area (Å²) in [6, 6.07) is 1.26. The molecule has 0 atom stereocenters. The summed E-state index contributed by atoms with van der Waals surface area (Å²) in [5.74, 6) is -3.00. The van der Waals surface area contributed by atoms with Gasteiger partial charge in [0.05, 0.1) is 11.0 Å². The lowest BCUT2D eigenvalue weighted by atomic mass is 10.1. The maximum absolute atomic E-state index is 13.0. The number of halogens is 1. The van der Waals surface area contributed by atoms with E-state index >= 15 is 0 Å². The lowest BCUT2D eigenvalue weighted by Gasteiger charge is -2.07. The monoisotopic (exact) mass is 241 g/mol. The normalized spacial score (nSPS) is 9.71. The molecule has 90 valence electrons. The SMILES string of the molecule is C=CCOc1c(C(=O)O)cc(F)cc1[N+](=O)[O-]. The van der Waals surface area contributed by atoms with Crippen LogP contribution in [0, 0.1) is 15.9 Å². The van der Waals surface area contributed by atoms with E-state index in [9.17, 15) is 19.3 Å². The smallest absolute Gasteiger partial charge is 0.339 e. The highest BCUT2D eigenvalue weighted by Crippen LogP contribution is 2.32. The molecule has 0 aliphatic rings. The van der Waals surface area contributed by atoms with Gasteiger partial charge in [-0.1, -0.05) is 12.7 Å². The summed E-state index contributed by atoms with van der Waals surface area (Å²) >= 11 is 0. The molecule has 0 heterocycles. The molecule has 6 nitrogen and oxygen atoms in total. The number of carbonyl (C=O) groups is 1. The zero-order valence-electron chi connectivity index (χ0n) is 8.55. The van der Waals surface area contributed by atoms with Crippen molar-refractivity contribution in [1.29, 1.82) is 0 Å². The molecule has 1 aromatic rings. The summed E-state index contributed by atoms with van der Waals surface area (Å²) in [6.07, 6.45) is 1.29. The third kappa shape index (κ3) is 2.77. The number of hydrogen-bond acceptors (Lipinski definition) is 4. The molecule has 1 aromatic carbocycles. The van der Waals surface area contributed by atoms with Crippen molar-refractivity contribution in [2.75, 3.05) is 6.61 Å². The Balaban J connectivity index is 3.41. The van der Waals surface area contributed by atoms with Gasteiger partial charge in [0.15, 0.2) is 0 Å². The summed E-state index contributed by atoms with van der Waals surface area (Å²) in [5, 5.41) is 19.5. The van der Waals surface area contributed by atoms with Crippen LogP contribution >= 0.6 is 0 Å². The highest BCUT2D eigenvalue weighted by molar-refractivity contribution is 5.92. The zero-order valence-corrected chi connectivity index (χ0v) is 8.55. The van der Waals surface area contributed by atoms with Crippen molar-refractivity contribution >= 4 is 11.7 Å². The molecule has 0 unspecified atom stereocenters. The van der Waals surface area contributed by atoms with Crippen LogP contribution in [-0.2, 0) is 0 Å². The fourth-order valence-corrected chi connectivity index (χ4v) is 1.17. The molecule has 0 bridgehead atoms. The van der Waals surface area contributed by atoms with Crippen molar-refractivity contribution in [2.45, 2.75) is 0 Å². The van der Waals surface area contributed by atoms with Gasteiger partial charge in [0.1, 0.15) is 18.0 Å². The molecule has 0 saturated carbocycles. The van der Waals surface area contributed by atoms with Crippen molar-refractivity contribution in [3.05, 3.63) is 46.3 Å². The Hall–Kier alpha value is -2.44. The number of nitro benzene ring substituents is 1. The Kier molecular flexibility index (Phi) is 3.76. The molecule has 1 N–H and O–H groups in total. The molecule has 0 aliphatic carbocycles. The highest BCUT2D eigenvalue weighted by atomic mass is 19.1. The molecule has 0 aromatic heterocycles. The second-order valence-corrected chi connectivity index (χ2v) is 2.96. The van der Waals surface area contributed by atoms with Crippen LogP contribution in [0.3, 0.4) is 0 Å². The number of carboxylic acid groups (broad SMARTS) is 1. The third-order valence-electron chi connectivity index (χ3n) is 1.81. The average Bonchev–Trinajstić information content (AvgIpc) is 2.26. The zero-order chi connectivity index (χ0) is 13.0. The first-order chi connectivity index (χ1) is 7.97. The summed E-state index contributed by atoms with van der Waals surface area (Å²) in [5.41, 5.74) is -1.33. The molecule has 0 fully saturated rings. The quantitative estimate of drug-likeness (QED) is 0.483. The molecule has 0 aliphatic heterocycles. The lowest BCUT2D eigenvalue weighted by molar-refractivity contribution is -0.386. The first-order valence-corrected chi connectivity index (χ1v) is 4.42. The van der Waals surface area contributed by atoms with Crippen LogP contribution in [0.15, 0.2) is 24.8 Å². The molecule has 0 radical (unpaired) electrons. The first-order valence-electron chi connectivity index (χ1n) is 4.42. The van der Waals surface area contributed by atoms with Crippen LogP contribution in [0.5, 0.6) is 5.75 Å². The molecule has 0 amide bonds. The summed E-state index contributed by atoms with van der Waals surface area (Å²) in [7, 11) is 0. The van der Waals surface area contributed by atoms with Crippen LogP contribution in [0.2, 0.25) is 0 Å². The Labute approximate surface area is 95.1 Å². The molecular weight excluding hydrogens is 233 g/mol. The molecule has 0 spiro atoms. The van der Waals surface area contributed by atoms with Crippen molar-refractivity contribution in [3.63, 3.8) is 0 Å². The van der Waals surface area contributed by atoms with Gasteiger partial charge < -0.3 is 9.84 Å². The Morgan fingerprint density at radius 1 is 1.65 bits per heavy atom. The number of ether oxygens (including phenoxy) is 1.